The lowest BCUT2D eigenvalue weighted by atomic mass is 10.2. The fourth-order valence-corrected chi connectivity index (χ4v) is 3.59. The molecule has 0 radical (unpaired) electrons. The second kappa shape index (κ2) is 6.64. The van der Waals surface area contributed by atoms with Crippen LogP contribution in [0.5, 0.6) is 0 Å². The molecule has 0 atom stereocenters. The van der Waals surface area contributed by atoms with Crippen molar-refractivity contribution in [2.24, 2.45) is 7.05 Å². The highest BCUT2D eigenvalue weighted by molar-refractivity contribution is 7.98. The van der Waals surface area contributed by atoms with Gasteiger partial charge in [-0.1, -0.05) is 54.2 Å². The summed E-state index contributed by atoms with van der Waals surface area (Å²) in [7, 11) is 1.99. The summed E-state index contributed by atoms with van der Waals surface area (Å²) in [4.78, 5) is 9.39. The third-order valence-electron chi connectivity index (χ3n) is 4.05. The quantitative estimate of drug-likeness (QED) is 0.522. The molecule has 2 heterocycles. The average molecular weight is 347 g/mol. The Labute approximate surface area is 150 Å². The zero-order chi connectivity index (χ0) is 17.2. The van der Waals surface area contributed by atoms with E-state index in [1.54, 1.807) is 11.8 Å². The van der Waals surface area contributed by atoms with Crippen molar-refractivity contribution in [1.29, 1.82) is 0 Å². The summed E-state index contributed by atoms with van der Waals surface area (Å²) >= 11 is 1.63. The normalized spacial score (nSPS) is 11.1. The lowest BCUT2D eigenvalue weighted by Gasteiger charge is -2.07. The molecule has 0 fully saturated rings. The third-order valence-corrected chi connectivity index (χ3v) is 5.08. The highest BCUT2D eigenvalue weighted by atomic mass is 32.2. The molecule has 0 aliphatic rings. The van der Waals surface area contributed by atoms with Gasteiger partial charge >= 0.3 is 0 Å². The van der Waals surface area contributed by atoms with E-state index in [2.05, 4.69) is 15.2 Å². The van der Waals surface area contributed by atoms with Gasteiger partial charge in [0.1, 0.15) is 0 Å². The number of aryl methyl sites for hydroxylation is 1. The van der Waals surface area contributed by atoms with Crippen molar-refractivity contribution >= 4 is 22.8 Å². The number of para-hydroxylation sites is 2. The second-order valence-electron chi connectivity index (χ2n) is 5.76. The van der Waals surface area contributed by atoms with Gasteiger partial charge in [0.25, 0.3) is 0 Å². The minimum atomic E-state index is 0.713. The van der Waals surface area contributed by atoms with E-state index in [0.717, 1.165) is 39.0 Å². The predicted octanol–water partition coefficient (Wildman–Crippen LogP) is 4.03. The molecule has 0 aliphatic heterocycles. The Morgan fingerprint density at radius 3 is 2.32 bits per heavy atom. The molecular formula is C19H17N5S. The van der Waals surface area contributed by atoms with Gasteiger partial charge in [0.2, 0.25) is 0 Å². The summed E-state index contributed by atoms with van der Waals surface area (Å²) in [6, 6.07) is 18.0. The monoisotopic (exact) mass is 347 g/mol. The lowest BCUT2D eigenvalue weighted by Crippen LogP contribution is -1.99. The van der Waals surface area contributed by atoms with Crippen molar-refractivity contribution in [1.82, 2.24) is 24.7 Å². The number of nitrogens with zero attached hydrogens (tertiary/aromatic N) is 5. The van der Waals surface area contributed by atoms with Gasteiger partial charge in [-0.25, -0.2) is 9.97 Å². The van der Waals surface area contributed by atoms with Crippen molar-refractivity contribution in [2.45, 2.75) is 17.8 Å². The van der Waals surface area contributed by atoms with Crippen molar-refractivity contribution < 1.29 is 0 Å². The Morgan fingerprint density at radius 2 is 1.56 bits per heavy atom. The van der Waals surface area contributed by atoms with Gasteiger partial charge in [0.15, 0.2) is 11.0 Å². The smallest absolute Gasteiger partial charge is 0.191 e. The highest BCUT2D eigenvalue weighted by Gasteiger charge is 2.12. The summed E-state index contributed by atoms with van der Waals surface area (Å²) in [5.41, 5.74) is 4.85. The Balaban J connectivity index is 1.58. The molecule has 0 saturated carbocycles. The first-order valence-electron chi connectivity index (χ1n) is 8.02. The number of fused-ring (bicyclic) bond motifs is 1. The van der Waals surface area contributed by atoms with Gasteiger partial charge in [-0.2, -0.15) is 0 Å². The second-order valence-corrected chi connectivity index (χ2v) is 6.71. The topological polar surface area (TPSA) is 56.5 Å². The molecule has 0 unspecified atom stereocenters. The first-order valence-corrected chi connectivity index (χ1v) is 9.01. The van der Waals surface area contributed by atoms with Gasteiger partial charge in [-0.15, -0.1) is 10.2 Å². The van der Waals surface area contributed by atoms with Crippen LogP contribution >= 0.6 is 11.8 Å². The number of hydrogen-bond donors (Lipinski definition) is 0. The molecule has 4 rings (SSSR count). The van der Waals surface area contributed by atoms with Crippen LogP contribution in [0.25, 0.3) is 22.4 Å². The van der Waals surface area contributed by atoms with Crippen LogP contribution in [-0.2, 0) is 12.8 Å². The number of benzene rings is 2. The molecule has 124 valence electrons. The van der Waals surface area contributed by atoms with Crippen LogP contribution in [0.15, 0.2) is 59.8 Å². The minimum Gasteiger partial charge on any atom is -0.305 e. The standard InChI is InChI=1S/C19H17N5S/c1-13-17(21-16-11-7-6-10-15(16)20-13)12-25-19-23-22-18(24(19)2)14-8-4-3-5-9-14/h3-11H,12H2,1-2H3. The molecule has 6 heteroatoms. The summed E-state index contributed by atoms with van der Waals surface area (Å²) < 4.78 is 2.02. The predicted molar refractivity (Wildman–Crippen MR) is 100 cm³/mol. The lowest BCUT2D eigenvalue weighted by molar-refractivity contribution is 0.793. The van der Waals surface area contributed by atoms with Crippen molar-refractivity contribution in [3.8, 4) is 11.4 Å². The van der Waals surface area contributed by atoms with Crippen LogP contribution in [0, 0.1) is 6.92 Å². The fraction of sp³-hybridized carbons (Fsp3) is 0.158. The van der Waals surface area contributed by atoms with Gasteiger partial charge in [-0.05, 0) is 19.1 Å². The van der Waals surface area contributed by atoms with Crippen LogP contribution in [0.4, 0.5) is 0 Å². The number of aromatic nitrogens is 5. The largest absolute Gasteiger partial charge is 0.305 e. The van der Waals surface area contributed by atoms with E-state index in [0.29, 0.717) is 5.75 Å². The highest BCUT2D eigenvalue weighted by Crippen LogP contribution is 2.25. The molecule has 25 heavy (non-hydrogen) atoms. The minimum absolute atomic E-state index is 0.713. The molecule has 0 saturated heterocycles. The first-order chi connectivity index (χ1) is 12.2. The van der Waals surface area contributed by atoms with Crippen LogP contribution < -0.4 is 0 Å². The van der Waals surface area contributed by atoms with Crippen molar-refractivity contribution in [3.63, 3.8) is 0 Å². The molecule has 2 aromatic carbocycles. The van der Waals surface area contributed by atoms with Crippen molar-refractivity contribution in [2.75, 3.05) is 0 Å². The van der Waals surface area contributed by atoms with E-state index in [-0.39, 0.29) is 0 Å². The van der Waals surface area contributed by atoms with E-state index >= 15 is 0 Å². The maximum atomic E-state index is 4.74. The molecule has 2 aromatic heterocycles. The van der Waals surface area contributed by atoms with Crippen LogP contribution in [0.2, 0.25) is 0 Å². The summed E-state index contributed by atoms with van der Waals surface area (Å²) in [6.45, 7) is 2.00. The molecule has 4 aromatic rings. The van der Waals surface area contributed by atoms with E-state index < -0.39 is 0 Å². The first kappa shape index (κ1) is 15.8. The summed E-state index contributed by atoms with van der Waals surface area (Å²) in [6.07, 6.45) is 0. The maximum Gasteiger partial charge on any atom is 0.191 e. The molecule has 0 amide bonds. The Kier molecular flexibility index (Phi) is 4.19. The summed E-state index contributed by atoms with van der Waals surface area (Å²) in [5.74, 6) is 1.58. The number of hydrogen-bond acceptors (Lipinski definition) is 5. The van der Waals surface area contributed by atoms with Gasteiger partial charge in [0, 0.05) is 18.4 Å². The van der Waals surface area contributed by atoms with E-state index in [1.807, 2.05) is 73.1 Å². The Morgan fingerprint density at radius 1 is 0.880 bits per heavy atom. The van der Waals surface area contributed by atoms with Gasteiger partial charge < -0.3 is 4.57 Å². The molecule has 0 spiro atoms. The van der Waals surface area contributed by atoms with Crippen molar-refractivity contribution in [3.05, 3.63) is 66.0 Å². The number of thioether (sulfide) groups is 1. The zero-order valence-corrected chi connectivity index (χ0v) is 14.9. The SMILES string of the molecule is Cc1nc2ccccc2nc1CSc1nnc(-c2ccccc2)n1C. The molecule has 5 nitrogen and oxygen atoms in total. The van der Waals surface area contributed by atoms with Crippen LogP contribution in [-0.4, -0.2) is 24.7 Å². The van der Waals surface area contributed by atoms with Crippen LogP contribution in [0.3, 0.4) is 0 Å². The Hall–Kier alpha value is -2.73. The van der Waals surface area contributed by atoms with E-state index in [9.17, 15) is 0 Å². The third kappa shape index (κ3) is 3.13. The van der Waals surface area contributed by atoms with Crippen LogP contribution in [0.1, 0.15) is 11.4 Å². The molecule has 0 aliphatic carbocycles. The fourth-order valence-electron chi connectivity index (χ4n) is 2.67. The van der Waals surface area contributed by atoms with Gasteiger partial charge in [0.05, 0.1) is 22.4 Å². The Bertz CT molecular complexity index is 1030. The summed E-state index contributed by atoms with van der Waals surface area (Å²) in [5, 5.41) is 9.52. The van der Waals surface area contributed by atoms with E-state index in [4.69, 9.17) is 4.98 Å². The number of rotatable bonds is 4. The van der Waals surface area contributed by atoms with Gasteiger partial charge in [-0.3, -0.25) is 0 Å². The average Bonchev–Trinajstić information content (AvgIpc) is 3.01. The molecule has 0 bridgehead atoms. The maximum absolute atomic E-state index is 4.74. The van der Waals surface area contributed by atoms with E-state index in [1.165, 1.54) is 0 Å². The molecular weight excluding hydrogens is 330 g/mol. The zero-order valence-electron chi connectivity index (χ0n) is 14.0. The molecule has 0 N–H and O–H groups in total.